The van der Waals surface area contributed by atoms with Gasteiger partial charge >= 0.3 is 12.0 Å². The van der Waals surface area contributed by atoms with Crippen molar-refractivity contribution in [3.63, 3.8) is 0 Å². The van der Waals surface area contributed by atoms with Crippen molar-refractivity contribution in [2.75, 3.05) is 13.1 Å². The van der Waals surface area contributed by atoms with E-state index in [4.69, 9.17) is 5.11 Å². The van der Waals surface area contributed by atoms with Gasteiger partial charge in [-0.15, -0.1) is 0 Å². The van der Waals surface area contributed by atoms with E-state index >= 15 is 0 Å². The van der Waals surface area contributed by atoms with Crippen molar-refractivity contribution in [2.24, 2.45) is 0 Å². The normalized spacial score (nSPS) is 24.5. The number of urea groups is 1. The summed E-state index contributed by atoms with van der Waals surface area (Å²) in [6.45, 7) is 2.40. The van der Waals surface area contributed by atoms with Crippen molar-refractivity contribution < 1.29 is 19.5 Å². The summed E-state index contributed by atoms with van der Waals surface area (Å²) in [5.41, 5.74) is -1.05. The summed E-state index contributed by atoms with van der Waals surface area (Å²) in [6, 6.07) is -0.393. The minimum atomic E-state index is -1.05. The Morgan fingerprint density at radius 2 is 2.00 bits per heavy atom. The molecule has 2 aliphatic rings. The van der Waals surface area contributed by atoms with E-state index in [1.54, 1.807) is 4.90 Å². The zero-order valence-electron chi connectivity index (χ0n) is 10.2. The Labute approximate surface area is 105 Å². The van der Waals surface area contributed by atoms with Crippen LogP contribution in [0.2, 0.25) is 0 Å². The van der Waals surface area contributed by atoms with Crippen LogP contribution >= 0.6 is 0 Å². The van der Waals surface area contributed by atoms with Crippen LogP contribution in [0.4, 0.5) is 4.79 Å². The third-order valence-electron chi connectivity index (χ3n) is 3.39. The molecule has 1 heterocycles. The topological polar surface area (TPSA) is 98.7 Å². The van der Waals surface area contributed by atoms with Crippen molar-refractivity contribution in [2.45, 2.75) is 37.8 Å². The number of carboxylic acids is 1. The second-order valence-corrected chi connectivity index (χ2v) is 4.95. The highest BCUT2D eigenvalue weighted by molar-refractivity contribution is 5.89. The quantitative estimate of drug-likeness (QED) is 0.634. The van der Waals surface area contributed by atoms with Crippen LogP contribution in [0.5, 0.6) is 0 Å². The molecule has 1 saturated heterocycles. The Morgan fingerprint density at radius 3 is 2.50 bits per heavy atom. The summed E-state index contributed by atoms with van der Waals surface area (Å²) in [5.74, 6) is -1.10. The lowest BCUT2D eigenvalue weighted by Crippen LogP contribution is -2.49. The number of hydrogen-bond donors (Lipinski definition) is 3. The van der Waals surface area contributed by atoms with Crippen molar-refractivity contribution >= 4 is 17.9 Å². The molecule has 0 bridgehead atoms. The van der Waals surface area contributed by atoms with Crippen molar-refractivity contribution in [3.8, 4) is 0 Å². The molecule has 1 aliphatic heterocycles. The summed E-state index contributed by atoms with van der Waals surface area (Å²) in [5, 5.41) is 14.3. The molecule has 0 aromatic heterocycles. The molecular weight excluding hydrogens is 238 g/mol. The lowest BCUT2D eigenvalue weighted by Gasteiger charge is -2.20. The van der Waals surface area contributed by atoms with Gasteiger partial charge in [0.25, 0.3) is 0 Å². The average Bonchev–Trinajstić information content (AvgIpc) is 2.90. The fraction of sp³-hybridized carbons (Fsp3) is 0.727. The third kappa shape index (κ3) is 2.55. The van der Waals surface area contributed by atoms with Gasteiger partial charge in [-0.2, -0.15) is 0 Å². The Kier molecular flexibility index (Phi) is 3.14. The molecule has 7 nitrogen and oxygen atoms in total. The van der Waals surface area contributed by atoms with Crippen LogP contribution < -0.4 is 10.6 Å². The van der Waals surface area contributed by atoms with E-state index in [1.807, 2.05) is 0 Å². The van der Waals surface area contributed by atoms with Gasteiger partial charge in [0, 0.05) is 26.1 Å². The van der Waals surface area contributed by atoms with Crippen LogP contribution in [0.1, 0.15) is 26.2 Å². The molecule has 3 amide bonds. The van der Waals surface area contributed by atoms with Crippen LogP contribution in [-0.4, -0.2) is 52.6 Å². The Bertz CT molecular complexity index is 392. The van der Waals surface area contributed by atoms with Crippen molar-refractivity contribution in [1.82, 2.24) is 15.5 Å². The predicted molar refractivity (Wildman–Crippen MR) is 61.9 cm³/mol. The van der Waals surface area contributed by atoms with Crippen LogP contribution in [0.3, 0.4) is 0 Å². The SMILES string of the molecule is CC(=O)NC1CCN(C(=O)NC2(C(=O)O)CC2)C1. The van der Waals surface area contributed by atoms with E-state index in [0.717, 1.165) is 0 Å². The largest absolute Gasteiger partial charge is 0.480 e. The molecule has 1 aliphatic carbocycles. The van der Waals surface area contributed by atoms with Gasteiger partial charge in [-0.05, 0) is 19.3 Å². The predicted octanol–water partition coefficient (Wildman–Crippen LogP) is -0.476. The molecule has 1 atom stereocenters. The number of carbonyl (C=O) groups is 3. The molecule has 0 aromatic rings. The van der Waals surface area contributed by atoms with Crippen LogP contribution in [0, 0.1) is 0 Å². The van der Waals surface area contributed by atoms with Gasteiger partial charge in [0.05, 0.1) is 0 Å². The minimum absolute atomic E-state index is 0.0340. The first-order chi connectivity index (χ1) is 8.43. The molecule has 7 heteroatoms. The van der Waals surface area contributed by atoms with E-state index in [9.17, 15) is 14.4 Å². The molecule has 0 aromatic carbocycles. The highest BCUT2D eigenvalue weighted by Gasteiger charge is 2.52. The van der Waals surface area contributed by atoms with Gasteiger partial charge in [0.15, 0.2) is 0 Å². The summed E-state index contributed by atoms with van der Waals surface area (Å²) in [4.78, 5) is 35.3. The number of likely N-dealkylation sites (tertiary alicyclic amines) is 1. The number of nitrogens with zero attached hydrogens (tertiary/aromatic N) is 1. The molecule has 3 N–H and O–H groups in total. The number of carboxylic acid groups (broad SMARTS) is 1. The lowest BCUT2D eigenvalue weighted by molar-refractivity contribution is -0.140. The van der Waals surface area contributed by atoms with Gasteiger partial charge < -0.3 is 20.6 Å². The van der Waals surface area contributed by atoms with Crippen LogP contribution in [-0.2, 0) is 9.59 Å². The number of nitrogens with one attached hydrogen (secondary N) is 2. The number of amides is 3. The zero-order chi connectivity index (χ0) is 13.3. The van der Waals surface area contributed by atoms with Gasteiger partial charge in [0.1, 0.15) is 5.54 Å². The van der Waals surface area contributed by atoms with Gasteiger partial charge in [-0.1, -0.05) is 0 Å². The van der Waals surface area contributed by atoms with E-state index in [1.165, 1.54) is 6.92 Å². The number of aliphatic carboxylic acids is 1. The summed E-state index contributed by atoms with van der Waals surface area (Å²) in [7, 11) is 0. The standard InChI is InChI=1S/C11H17N3O4/c1-7(15)12-8-2-5-14(6-8)10(18)13-11(3-4-11)9(16)17/h8H,2-6H2,1H3,(H,12,15)(H,13,18)(H,16,17). The first-order valence-electron chi connectivity index (χ1n) is 6.00. The number of hydrogen-bond acceptors (Lipinski definition) is 3. The number of rotatable bonds is 3. The van der Waals surface area contributed by atoms with Gasteiger partial charge in [-0.25, -0.2) is 9.59 Å². The van der Waals surface area contributed by atoms with Crippen molar-refractivity contribution in [1.29, 1.82) is 0 Å². The second-order valence-electron chi connectivity index (χ2n) is 4.95. The summed E-state index contributed by atoms with van der Waals surface area (Å²) < 4.78 is 0. The molecule has 1 unspecified atom stereocenters. The highest BCUT2D eigenvalue weighted by Crippen LogP contribution is 2.35. The monoisotopic (exact) mass is 255 g/mol. The average molecular weight is 255 g/mol. The van der Waals surface area contributed by atoms with E-state index < -0.39 is 11.5 Å². The van der Waals surface area contributed by atoms with E-state index in [0.29, 0.717) is 32.4 Å². The maximum absolute atomic E-state index is 11.9. The summed E-state index contributed by atoms with van der Waals surface area (Å²) in [6.07, 6.45) is 1.67. The summed E-state index contributed by atoms with van der Waals surface area (Å²) >= 11 is 0. The molecule has 2 rings (SSSR count). The molecule has 1 saturated carbocycles. The van der Waals surface area contributed by atoms with E-state index in [-0.39, 0.29) is 18.0 Å². The first kappa shape index (κ1) is 12.7. The Balaban J connectivity index is 1.84. The zero-order valence-corrected chi connectivity index (χ0v) is 10.2. The first-order valence-corrected chi connectivity index (χ1v) is 6.00. The maximum atomic E-state index is 11.9. The molecule has 0 radical (unpaired) electrons. The highest BCUT2D eigenvalue weighted by atomic mass is 16.4. The molecule has 18 heavy (non-hydrogen) atoms. The van der Waals surface area contributed by atoms with Crippen LogP contribution in [0.15, 0.2) is 0 Å². The van der Waals surface area contributed by atoms with Crippen molar-refractivity contribution in [3.05, 3.63) is 0 Å². The fourth-order valence-electron chi connectivity index (χ4n) is 2.15. The second kappa shape index (κ2) is 4.47. The maximum Gasteiger partial charge on any atom is 0.329 e. The Morgan fingerprint density at radius 1 is 1.33 bits per heavy atom. The molecule has 100 valence electrons. The smallest absolute Gasteiger partial charge is 0.329 e. The van der Waals surface area contributed by atoms with E-state index in [2.05, 4.69) is 10.6 Å². The molecular formula is C11H17N3O4. The lowest BCUT2D eigenvalue weighted by atomic mass is 10.2. The third-order valence-corrected chi connectivity index (χ3v) is 3.39. The molecule has 0 spiro atoms. The molecule has 2 fully saturated rings. The van der Waals surface area contributed by atoms with Gasteiger partial charge in [0.2, 0.25) is 5.91 Å². The minimum Gasteiger partial charge on any atom is -0.480 e. The number of carbonyl (C=O) groups excluding carboxylic acids is 2. The fourth-order valence-corrected chi connectivity index (χ4v) is 2.15. The van der Waals surface area contributed by atoms with Crippen LogP contribution in [0.25, 0.3) is 0 Å². The van der Waals surface area contributed by atoms with Gasteiger partial charge in [-0.3, -0.25) is 4.79 Å². The Hall–Kier alpha value is -1.79.